The Morgan fingerprint density at radius 2 is 1.73 bits per heavy atom. The lowest BCUT2D eigenvalue weighted by atomic mass is 9.74. The van der Waals surface area contributed by atoms with E-state index in [9.17, 15) is 10.4 Å². The lowest BCUT2D eigenvalue weighted by Gasteiger charge is -2.33. The van der Waals surface area contributed by atoms with Gasteiger partial charge in [-0.1, -0.05) is 36.8 Å². The summed E-state index contributed by atoms with van der Waals surface area (Å²) >= 11 is 0. The van der Waals surface area contributed by atoms with Gasteiger partial charge in [0.05, 0.1) is 17.0 Å². The zero-order valence-electron chi connectivity index (χ0n) is 12.5. The molecule has 1 N–H and O–H groups in total. The fourth-order valence-electron chi connectivity index (χ4n) is 3.51. The molecule has 0 unspecified atom stereocenters. The summed E-state index contributed by atoms with van der Waals surface area (Å²) < 4.78 is 0. The van der Waals surface area contributed by atoms with Crippen LogP contribution in [-0.4, -0.2) is 10.7 Å². The molecule has 1 aromatic rings. The Bertz CT molecular complexity index is 718. The highest BCUT2D eigenvalue weighted by atomic mass is 16.3. The molecule has 0 amide bonds. The molecule has 22 heavy (non-hydrogen) atoms. The summed E-state index contributed by atoms with van der Waals surface area (Å²) in [4.78, 5) is 0. The molecule has 0 heterocycles. The SMILES string of the molecule is N#Cc1ccccc1C#C[C@@](O)(C1CCCC1)C1(C#N)CC1. The molecule has 0 aromatic heterocycles. The second kappa shape index (κ2) is 5.49. The second-order valence-electron chi connectivity index (χ2n) is 6.35. The average molecular weight is 290 g/mol. The summed E-state index contributed by atoms with van der Waals surface area (Å²) in [5.74, 6) is 6.07. The van der Waals surface area contributed by atoms with Crippen LogP contribution in [0, 0.1) is 45.8 Å². The Hall–Kier alpha value is -2.28. The number of hydrogen-bond donors (Lipinski definition) is 1. The van der Waals surface area contributed by atoms with E-state index < -0.39 is 11.0 Å². The summed E-state index contributed by atoms with van der Waals surface area (Å²) in [5.41, 5.74) is -0.835. The van der Waals surface area contributed by atoms with Crippen molar-refractivity contribution in [3.8, 4) is 24.0 Å². The maximum Gasteiger partial charge on any atom is 0.147 e. The summed E-state index contributed by atoms with van der Waals surface area (Å²) in [6, 6.07) is 11.6. The van der Waals surface area contributed by atoms with Gasteiger partial charge >= 0.3 is 0 Å². The second-order valence-corrected chi connectivity index (χ2v) is 6.35. The first-order valence-electron chi connectivity index (χ1n) is 7.81. The Kier molecular flexibility index (Phi) is 3.66. The van der Waals surface area contributed by atoms with Crippen LogP contribution in [0.4, 0.5) is 0 Å². The molecule has 110 valence electrons. The smallest absolute Gasteiger partial charge is 0.147 e. The highest BCUT2D eigenvalue weighted by Gasteiger charge is 2.62. The van der Waals surface area contributed by atoms with Crippen molar-refractivity contribution in [1.82, 2.24) is 0 Å². The van der Waals surface area contributed by atoms with Crippen LogP contribution in [0.5, 0.6) is 0 Å². The fraction of sp³-hybridized carbons (Fsp3) is 0.474. The van der Waals surface area contributed by atoms with Gasteiger partial charge in [-0.15, -0.1) is 0 Å². The Morgan fingerprint density at radius 3 is 2.27 bits per heavy atom. The normalized spacial score (nSPS) is 21.8. The monoisotopic (exact) mass is 290 g/mol. The van der Waals surface area contributed by atoms with Crippen molar-refractivity contribution in [3.05, 3.63) is 35.4 Å². The van der Waals surface area contributed by atoms with Crippen LogP contribution < -0.4 is 0 Å². The number of hydrogen-bond acceptors (Lipinski definition) is 3. The van der Waals surface area contributed by atoms with Gasteiger partial charge in [0.25, 0.3) is 0 Å². The van der Waals surface area contributed by atoms with Gasteiger partial charge in [0, 0.05) is 11.5 Å². The zero-order chi connectivity index (χ0) is 15.6. The van der Waals surface area contributed by atoms with E-state index in [0.717, 1.165) is 25.7 Å². The zero-order valence-corrected chi connectivity index (χ0v) is 12.5. The lowest BCUT2D eigenvalue weighted by molar-refractivity contribution is -0.00659. The van der Waals surface area contributed by atoms with Crippen molar-refractivity contribution in [1.29, 1.82) is 10.5 Å². The van der Waals surface area contributed by atoms with Crippen molar-refractivity contribution < 1.29 is 5.11 Å². The van der Waals surface area contributed by atoms with Crippen LogP contribution in [0.25, 0.3) is 0 Å². The van der Waals surface area contributed by atoms with E-state index >= 15 is 0 Å². The largest absolute Gasteiger partial charge is 0.376 e. The van der Waals surface area contributed by atoms with Gasteiger partial charge in [0.15, 0.2) is 0 Å². The predicted molar refractivity (Wildman–Crippen MR) is 82.2 cm³/mol. The molecule has 0 saturated heterocycles. The highest BCUT2D eigenvalue weighted by Crippen LogP contribution is 2.58. The van der Waals surface area contributed by atoms with Crippen molar-refractivity contribution in [2.75, 3.05) is 0 Å². The van der Waals surface area contributed by atoms with Gasteiger partial charge in [-0.2, -0.15) is 10.5 Å². The molecular weight excluding hydrogens is 272 g/mol. The van der Waals surface area contributed by atoms with Crippen LogP contribution in [0.3, 0.4) is 0 Å². The van der Waals surface area contributed by atoms with E-state index in [2.05, 4.69) is 24.0 Å². The first kappa shape index (κ1) is 14.6. The van der Waals surface area contributed by atoms with Gasteiger partial charge in [-0.05, 0) is 37.8 Å². The van der Waals surface area contributed by atoms with Gasteiger partial charge in [-0.3, -0.25) is 0 Å². The quantitative estimate of drug-likeness (QED) is 0.851. The maximum absolute atomic E-state index is 11.2. The number of benzene rings is 1. The molecule has 3 heteroatoms. The maximum atomic E-state index is 11.2. The van der Waals surface area contributed by atoms with Crippen molar-refractivity contribution in [3.63, 3.8) is 0 Å². The van der Waals surface area contributed by atoms with Crippen LogP contribution in [0.2, 0.25) is 0 Å². The molecule has 2 aliphatic rings. The molecule has 1 aromatic carbocycles. The summed E-state index contributed by atoms with van der Waals surface area (Å²) in [7, 11) is 0. The van der Waals surface area contributed by atoms with Crippen molar-refractivity contribution >= 4 is 0 Å². The molecule has 3 nitrogen and oxygen atoms in total. The number of nitriles is 2. The minimum atomic E-state index is -1.25. The number of rotatable bonds is 2. The molecule has 0 aliphatic heterocycles. The Morgan fingerprint density at radius 1 is 1.09 bits per heavy atom. The Balaban J connectivity index is 2.01. The molecule has 2 aliphatic carbocycles. The minimum Gasteiger partial charge on any atom is -0.376 e. The molecule has 2 saturated carbocycles. The average Bonchev–Trinajstić information content (AvgIpc) is 3.18. The number of nitrogens with zero attached hydrogens (tertiary/aromatic N) is 2. The highest BCUT2D eigenvalue weighted by molar-refractivity contribution is 5.49. The molecular formula is C19H18N2O. The molecule has 3 rings (SSSR count). The van der Waals surface area contributed by atoms with E-state index in [-0.39, 0.29) is 5.92 Å². The van der Waals surface area contributed by atoms with E-state index in [1.54, 1.807) is 18.2 Å². The van der Waals surface area contributed by atoms with Gasteiger partial charge in [0.2, 0.25) is 0 Å². The van der Waals surface area contributed by atoms with Crippen LogP contribution in [0.1, 0.15) is 49.7 Å². The number of aliphatic hydroxyl groups is 1. The molecule has 2 fully saturated rings. The fourth-order valence-corrected chi connectivity index (χ4v) is 3.51. The topological polar surface area (TPSA) is 67.8 Å². The molecule has 0 radical (unpaired) electrons. The van der Waals surface area contributed by atoms with E-state index in [0.29, 0.717) is 24.0 Å². The van der Waals surface area contributed by atoms with Crippen molar-refractivity contribution in [2.24, 2.45) is 11.3 Å². The lowest BCUT2D eigenvalue weighted by Crippen LogP contribution is -2.44. The van der Waals surface area contributed by atoms with E-state index in [4.69, 9.17) is 5.26 Å². The van der Waals surface area contributed by atoms with E-state index in [1.165, 1.54) is 0 Å². The van der Waals surface area contributed by atoms with Crippen LogP contribution >= 0.6 is 0 Å². The van der Waals surface area contributed by atoms with Gasteiger partial charge < -0.3 is 5.11 Å². The third-order valence-corrected chi connectivity index (χ3v) is 5.07. The Labute approximate surface area is 131 Å². The third kappa shape index (κ3) is 2.27. The summed E-state index contributed by atoms with van der Waals surface area (Å²) in [6.07, 6.45) is 5.45. The standard InChI is InChI=1S/C19H18N2O/c20-13-16-6-2-1-5-15(16)9-10-19(22,17-7-3-4-8-17)18(14-21)11-12-18/h1-2,5-6,17,22H,3-4,7-8,11-12H2/t19-/m1/s1. The van der Waals surface area contributed by atoms with Crippen LogP contribution in [0.15, 0.2) is 24.3 Å². The van der Waals surface area contributed by atoms with Crippen LogP contribution in [-0.2, 0) is 0 Å². The summed E-state index contributed by atoms with van der Waals surface area (Å²) in [5, 5.41) is 29.9. The van der Waals surface area contributed by atoms with Gasteiger partial charge in [0.1, 0.15) is 11.7 Å². The molecule has 0 bridgehead atoms. The molecule has 0 spiro atoms. The molecule has 1 atom stereocenters. The summed E-state index contributed by atoms with van der Waals surface area (Å²) in [6.45, 7) is 0. The first-order valence-corrected chi connectivity index (χ1v) is 7.81. The first-order chi connectivity index (χ1) is 10.6. The predicted octanol–water partition coefficient (Wildman–Crippen LogP) is 3.13. The minimum absolute atomic E-state index is 0.0661. The third-order valence-electron chi connectivity index (χ3n) is 5.07. The van der Waals surface area contributed by atoms with Crippen molar-refractivity contribution in [2.45, 2.75) is 44.1 Å². The van der Waals surface area contributed by atoms with Gasteiger partial charge in [-0.25, -0.2) is 0 Å². The van der Waals surface area contributed by atoms with E-state index in [1.807, 2.05) is 6.07 Å².